The number of halogens is 2. The Morgan fingerprint density at radius 3 is 2.36 bits per heavy atom. The molecule has 2 amide bonds. The van der Waals surface area contributed by atoms with Gasteiger partial charge in [-0.05, 0) is 48.6 Å². The zero-order chi connectivity index (χ0) is 27.6. The first-order chi connectivity index (χ1) is 18.9. The SMILES string of the molecule is Cc1ccc(CSCC(=O)N(Cc2ccc(Cl)cc2Cl)C(Cc2ccccc2)C(=O)NC2CCCCC2)cc1. The van der Waals surface area contributed by atoms with Crippen molar-refractivity contribution in [2.75, 3.05) is 5.75 Å². The molecule has 1 unspecified atom stereocenters. The summed E-state index contributed by atoms with van der Waals surface area (Å²) in [6.07, 6.45) is 5.83. The van der Waals surface area contributed by atoms with Gasteiger partial charge in [0.25, 0.3) is 0 Å². The third kappa shape index (κ3) is 9.02. The third-order valence-electron chi connectivity index (χ3n) is 7.19. The lowest BCUT2D eigenvalue weighted by Crippen LogP contribution is -2.53. The second-order valence-electron chi connectivity index (χ2n) is 10.3. The smallest absolute Gasteiger partial charge is 0.243 e. The number of aryl methyl sites for hydroxylation is 1. The maximum absolute atomic E-state index is 13.9. The summed E-state index contributed by atoms with van der Waals surface area (Å²) in [5.74, 6) is 0.797. The molecule has 1 fully saturated rings. The highest BCUT2D eigenvalue weighted by Gasteiger charge is 2.32. The van der Waals surface area contributed by atoms with Crippen LogP contribution in [0.3, 0.4) is 0 Å². The number of benzene rings is 3. The quantitative estimate of drug-likeness (QED) is 0.253. The number of hydrogen-bond acceptors (Lipinski definition) is 3. The van der Waals surface area contributed by atoms with E-state index >= 15 is 0 Å². The van der Waals surface area contributed by atoms with Gasteiger partial charge in [-0.15, -0.1) is 11.8 Å². The Hall–Kier alpha value is -2.47. The average molecular weight is 584 g/mol. The molecule has 0 aromatic heterocycles. The van der Waals surface area contributed by atoms with Crippen LogP contribution in [0.5, 0.6) is 0 Å². The predicted molar refractivity (Wildman–Crippen MR) is 163 cm³/mol. The van der Waals surface area contributed by atoms with E-state index in [0.717, 1.165) is 42.6 Å². The molecule has 4 rings (SSSR count). The molecule has 1 aliphatic rings. The molecule has 0 bridgehead atoms. The number of nitrogens with zero attached hydrogens (tertiary/aromatic N) is 1. The zero-order valence-corrected chi connectivity index (χ0v) is 24.7. The summed E-state index contributed by atoms with van der Waals surface area (Å²) < 4.78 is 0. The lowest BCUT2D eigenvalue weighted by molar-refractivity contribution is -0.139. The van der Waals surface area contributed by atoms with Crippen molar-refractivity contribution in [2.24, 2.45) is 0 Å². The van der Waals surface area contributed by atoms with E-state index in [1.807, 2.05) is 36.4 Å². The lowest BCUT2D eigenvalue weighted by Gasteiger charge is -2.33. The summed E-state index contributed by atoms with van der Waals surface area (Å²) in [4.78, 5) is 29.4. The van der Waals surface area contributed by atoms with Gasteiger partial charge in [-0.3, -0.25) is 9.59 Å². The van der Waals surface area contributed by atoms with Crippen molar-refractivity contribution >= 4 is 46.8 Å². The number of carbonyl (C=O) groups excluding carboxylic acids is 2. The number of carbonyl (C=O) groups is 2. The fraction of sp³-hybridized carbons (Fsp3) is 0.375. The lowest BCUT2D eigenvalue weighted by atomic mass is 9.94. The molecule has 0 radical (unpaired) electrons. The summed E-state index contributed by atoms with van der Waals surface area (Å²) in [5.41, 5.74) is 4.15. The Labute approximate surface area is 246 Å². The molecule has 0 spiro atoms. The van der Waals surface area contributed by atoms with Crippen molar-refractivity contribution < 1.29 is 9.59 Å². The minimum Gasteiger partial charge on any atom is -0.352 e. The highest BCUT2D eigenvalue weighted by atomic mass is 35.5. The molecule has 39 heavy (non-hydrogen) atoms. The summed E-state index contributed by atoms with van der Waals surface area (Å²) >= 11 is 14.3. The van der Waals surface area contributed by atoms with Crippen molar-refractivity contribution in [3.05, 3.63) is 105 Å². The molecule has 3 aromatic carbocycles. The summed E-state index contributed by atoms with van der Waals surface area (Å²) in [5, 5.41) is 4.30. The summed E-state index contributed by atoms with van der Waals surface area (Å²) in [6.45, 7) is 2.29. The van der Waals surface area contributed by atoms with Gasteiger partial charge in [-0.1, -0.05) is 109 Å². The van der Waals surface area contributed by atoms with Crippen LogP contribution in [0, 0.1) is 6.92 Å². The number of thioether (sulfide) groups is 1. The van der Waals surface area contributed by atoms with Crippen LogP contribution < -0.4 is 5.32 Å². The molecule has 1 atom stereocenters. The molecule has 0 aliphatic heterocycles. The first-order valence-corrected chi connectivity index (χ1v) is 15.5. The second-order valence-corrected chi connectivity index (χ2v) is 12.1. The van der Waals surface area contributed by atoms with E-state index in [2.05, 4.69) is 36.5 Å². The van der Waals surface area contributed by atoms with Crippen molar-refractivity contribution in [1.82, 2.24) is 10.2 Å². The number of hydrogen-bond donors (Lipinski definition) is 1. The molecule has 1 aliphatic carbocycles. The van der Waals surface area contributed by atoms with E-state index < -0.39 is 6.04 Å². The van der Waals surface area contributed by atoms with Crippen LogP contribution in [-0.2, 0) is 28.3 Å². The van der Waals surface area contributed by atoms with E-state index in [-0.39, 0.29) is 30.2 Å². The van der Waals surface area contributed by atoms with Crippen LogP contribution in [0.15, 0.2) is 72.8 Å². The standard InChI is InChI=1S/C32H36Cl2N2O2S/c1-23-12-14-25(15-13-23)21-39-22-31(37)36(20-26-16-17-27(33)19-29(26)34)30(18-24-8-4-2-5-9-24)32(38)35-28-10-6-3-7-11-28/h2,4-5,8-9,12-17,19,28,30H,3,6-7,10-11,18,20-22H2,1H3,(H,35,38). The van der Waals surface area contributed by atoms with Crippen molar-refractivity contribution in [1.29, 1.82) is 0 Å². The Morgan fingerprint density at radius 1 is 0.949 bits per heavy atom. The topological polar surface area (TPSA) is 49.4 Å². The van der Waals surface area contributed by atoms with Crippen molar-refractivity contribution in [2.45, 2.75) is 69.8 Å². The Kier molecular flexibility index (Phi) is 11.2. The first kappa shape index (κ1) is 29.5. The highest BCUT2D eigenvalue weighted by Crippen LogP contribution is 2.26. The minimum atomic E-state index is -0.659. The Morgan fingerprint density at radius 2 is 1.67 bits per heavy atom. The van der Waals surface area contributed by atoms with E-state index in [1.54, 1.807) is 28.8 Å². The molecule has 1 saturated carbocycles. The van der Waals surface area contributed by atoms with Crippen molar-refractivity contribution in [3.63, 3.8) is 0 Å². The van der Waals surface area contributed by atoms with Crippen LogP contribution in [0.1, 0.15) is 54.4 Å². The van der Waals surface area contributed by atoms with Gasteiger partial charge in [0.15, 0.2) is 0 Å². The average Bonchev–Trinajstić information content (AvgIpc) is 2.94. The van der Waals surface area contributed by atoms with Gasteiger partial charge < -0.3 is 10.2 Å². The first-order valence-electron chi connectivity index (χ1n) is 13.6. The minimum absolute atomic E-state index is 0.0853. The fourth-order valence-corrected chi connectivity index (χ4v) is 6.29. The van der Waals surface area contributed by atoms with Crippen LogP contribution in [0.4, 0.5) is 0 Å². The molecule has 0 heterocycles. The maximum Gasteiger partial charge on any atom is 0.243 e. The highest BCUT2D eigenvalue weighted by molar-refractivity contribution is 7.99. The Bertz CT molecular complexity index is 1230. The molecule has 4 nitrogen and oxygen atoms in total. The normalized spacial score (nSPS) is 14.5. The van der Waals surface area contributed by atoms with Crippen LogP contribution in [0.2, 0.25) is 10.0 Å². The van der Waals surface area contributed by atoms with E-state index in [1.165, 1.54) is 17.5 Å². The van der Waals surface area contributed by atoms with E-state index in [9.17, 15) is 9.59 Å². The molecule has 206 valence electrons. The van der Waals surface area contributed by atoms with Gasteiger partial charge in [0.05, 0.1) is 5.75 Å². The number of amides is 2. The molecule has 0 saturated heterocycles. The monoisotopic (exact) mass is 582 g/mol. The predicted octanol–water partition coefficient (Wildman–Crippen LogP) is 7.62. The molecular formula is C32H36Cl2N2O2S. The maximum atomic E-state index is 13.9. The summed E-state index contributed by atoms with van der Waals surface area (Å²) in [6, 6.07) is 23.0. The van der Waals surface area contributed by atoms with Gasteiger partial charge in [0.2, 0.25) is 11.8 Å². The van der Waals surface area contributed by atoms with Crippen LogP contribution in [-0.4, -0.2) is 34.6 Å². The third-order valence-corrected chi connectivity index (χ3v) is 8.77. The van der Waals surface area contributed by atoms with Crippen LogP contribution >= 0.6 is 35.0 Å². The van der Waals surface area contributed by atoms with Crippen LogP contribution in [0.25, 0.3) is 0 Å². The van der Waals surface area contributed by atoms with Gasteiger partial charge >= 0.3 is 0 Å². The second kappa shape index (κ2) is 14.8. The fourth-order valence-electron chi connectivity index (χ4n) is 4.96. The number of rotatable bonds is 11. The zero-order valence-electron chi connectivity index (χ0n) is 22.4. The molecule has 1 N–H and O–H groups in total. The molecule has 7 heteroatoms. The van der Waals surface area contributed by atoms with Crippen molar-refractivity contribution in [3.8, 4) is 0 Å². The summed E-state index contributed by atoms with van der Waals surface area (Å²) in [7, 11) is 0. The molecule has 3 aromatic rings. The van der Waals surface area contributed by atoms with Gasteiger partial charge in [0.1, 0.15) is 6.04 Å². The number of nitrogens with one attached hydrogen (secondary N) is 1. The molecular weight excluding hydrogens is 547 g/mol. The van der Waals surface area contributed by atoms with Gasteiger partial charge in [0, 0.05) is 34.8 Å². The van der Waals surface area contributed by atoms with Gasteiger partial charge in [-0.2, -0.15) is 0 Å². The Balaban J connectivity index is 1.58. The van der Waals surface area contributed by atoms with Gasteiger partial charge in [-0.25, -0.2) is 0 Å². The van der Waals surface area contributed by atoms with E-state index in [0.29, 0.717) is 16.5 Å². The largest absolute Gasteiger partial charge is 0.352 e. The van der Waals surface area contributed by atoms with E-state index in [4.69, 9.17) is 23.2 Å².